The third-order valence-electron chi connectivity index (χ3n) is 3.51. The summed E-state index contributed by atoms with van der Waals surface area (Å²) < 4.78 is 10.8. The van der Waals surface area contributed by atoms with E-state index in [4.69, 9.17) is 9.47 Å². The van der Waals surface area contributed by atoms with E-state index in [0.717, 1.165) is 5.56 Å². The number of carbonyl (C=O) groups excluding carboxylic acids is 2. The molecule has 0 aliphatic rings. The maximum Gasteiger partial charge on any atom is 0.408 e. The summed E-state index contributed by atoms with van der Waals surface area (Å²) in [5.41, 5.74) is 0.528. The van der Waals surface area contributed by atoms with Crippen molar-refractivity contribution in [2.24, 2.45) is 5.92 Å². The van der Waals surface area contributed by atoms with Gasteiger partial charge in [0.2, 0.25) is 0 Å². The summed E-state index contributed by atoms with van der Waals surface area (Å²) >= 11 is 0. The van der Waals surface area contributed by atoms with E-state index in [0.29, 0.717) is 26.1 Å². The summed E-state index contributed by atoms with van der Waals surface area (Å²) in [7, 11) is 0. The minimum absolute atomic E-state index is 0.00386. The fourth-order valence-corrected chi connectivity index (χ4v) is 2.32. The third-order valence-corrected chi connectivity index (χ3v) is 3.51. The van der Waals surface area contributed by atoms with Crippen LogP contribution in [0.2, 0.25) is 0 Å². The number of ether oxygens (including phenoxy) is 2. The maximum atomic E-state index is 12.4. The Morgan fingerprint density at radius 3 is 2.32 bits per heavy atom. The number of carbonyl (C=O) groups is 2. The van der Waals surface area contributed by atoms with Crippen LogP contribution in [-0.4, -0.2) is 30.1 Å². The number of ketones is 1. The van der Waals surface area contributed by atoms with Gasteiger partial charge in [-0.05, 0) is 38.7 Å². The Labute approximate surface area is 151 Å². The molecule has 0 heterocycles. The summed E-state index contributed by atoms with van der Waals surface area (Å²) in [6.45, 7) is 10.3. The zero-order valence-corrected chi connectivity index (χ0v) is 16.0. The molecule has 0 aliphatic carbocycles. The van der Waals surface area contributed by atoms with Gasteiger partial charge in [0, 0.05) is 13.0 Å². The second-order valence-electron chi connectivity index (χ2n) is 7.48. The molecule has 1 amide bonds. The predicted octanol–water partition coefficient (Wildman–Crippen LogP) is 4.10. The SMILES string of the molecule is CC(C)[C@@H](NC(=O)OC(C)(C)C)C(=O)CCCOCc1ccccc1. The van der Waals surface area contributed by atoms with E-state index in [9.17, 15) is 9.59 Å². The van der Waals surface area contributed by atoms with Gasteiger partial charge in [0.25, 0.3) is 0 Å². The molecule has 0 aliphatic heterocycles. The highest BCUT2D eigenvalue weighted by Crippen LogP contribution is 2.11. The number of rotatable bonds is 9. The van der Waals surface area contributed by atoms with Gasteiger partial charge >= 0.3 is 6.09 Å². The predicted molar refractivity (Wildman–Crippen MR) is 98.3 cm³/mol. The van der Waals surface area contributed by atoms with E-state index in [1.54, 1.807) is 20.8 Å². The molecule has 0 radical (unpaired) electrons. The van der Waals surface area contributed by atoms with Crippen LogP contribution in [0.15, 0.2) is 30.3 Å². The van der Waals surface area contributed by atoms with Crippen LogP contribution in [0.1, 0.15) is 53.0 Å². The highest BCUT2D eigenvalue weighted by Gasteiger charge is 2.26. The molecule has 1 rings (SSSR count). The van der Waals surface area contributed by atoms with Crippen molar-refractivity contribution in [2.75, 3.05) is 6.61 Å². The van der Waals surface area contributed by atoms with Gasteiger partial charge in [0.05, 0.1) is 12.6 Å². The van der Waals surface area contributed by atoms with Crippen LogP contribution in [0, 0.1) is 5.92 Å². The van der Waals surface area contributed by atoms with Crippen LogP contribution < -0.4 is 5.32 Å². The van der Waals surface area contributed by atoms with Gasteiger partial charge in [0.1, 0.15) is 5.60 Å². The Morgan fingerprint density at radius 2 is 1.76 bits per heavy atom. The Bertz CT molecular complexity index is 534. The fraction of sp³-hybridized carbons (Fsp3) is 0.600. The maximum absolute atomic E-state index is 12.4. The van der Waals surface area contributed by atoms with Gasteiger partial charge in [0.15, 0.2) is 5.78 Å². The Hall–Kier alpha value is -1.88. The van der Waals surface area contributed by atoms with Crippen molar-refractivity contribution in [3.05, 3.63) is 35.9 Å². The minimum atomic E-state index is -0.583. The van der Waals surface area contributed by atoms with E-state index >= 15 is 0 Å². The van der Waals surface area contributed by atoms with Gasteiger partial charge in [-0.25, -0.2) is 4.79 Å². The number of nitrogens with one attached hydrogen (secondary N) is 1. The van der Waals surface area contributed by atoms with E-state index in [2.05, 4.69) is 5.32 Å². The summed E-state index contributed by atoms with van der Waals surface area (Å²) in [5, 5.41) is 2.69. The lowest BCUT2D eigenvalue weighted by Gasteiger charge is -2.25. The Balaban J connectivity index is 2.34. The molecule has 1 aromatic rings. The summed E-state index contributed by atoms with van der Waals surface area (Å²) in [4.78, 5) is 24.3. The lowest BCUT2D eigenvalue weighted by Crippen LogP contribution is -2.46. The Kier molecular flexibility index (Phi) is 8.62. The van der Waals surface area contributed by atoms with Gasteiger partial charge < -0.3 is 14.8 Å². The van der Waals surface area contributed by atoms with Gasteiger partial charge in [-0.3, -0.25) is 4.79 Å². The molecule has 5 nitrogen and oxygen atoms in total. The normalized spacial score (nSPS) is 12.7. The van der Waals surface area contributed by atoms with Crippen molar-refractivity contribution in [1.82, 2.24) is 5.32 Å². The summed E-state index contributed by atoms with van der Waals surface area (Å²) in [6.07, 6.45) is 0.443. The number of hydrogen-bond acceptors (Lipinski definition) is 4. The molecule has 0 unspecified atom stereocenters. The zero-order valence-electron chi connectivity index (χ0n) is 16.0. The summed E-state index contributed by atoms with van der Waals surface area (Å²) in [5.74, 6) is 0.00873. The van der Waals surface area contributed by atoms with Crippen LogP contribution in [0.25, 0.3) is 0 Å². The van der Waals surface area contributed by atoms with Crippen molar-refractivity contribution in [3.8, 4) is 0 Å². The standard InChI is InChI=1S/C20H31NO4/c1-15(2)18(21-19(23)25-20(3,4)5)17(22)12-9-13-24-14-16-10-7-6-8-11-16/h6-8,10-11,15,18H,9,12-14H2,1-5H3,(H,21,23)/t18-/m1/s1. The highest BCUT2D eigenvalue weighted by molar-refractivity contribution is 5.87. The first kappa shape index (κ1) is 21.2. The number of hydrogen-bond donors (Lipinski definition) is 1. The van der Waals surface area contributed by atoms with Gasteiger partial charge in [-0.15, -0.1) is 0 Å². The van der Waals surface area contributed by atoms with Crippen molar-refractivity contribution < 1.29 is 19.1 Å². The monoisotopic (exact) mass is 349 g/mol. The quantitative estimate of drug-likeness (QED) is 0.682. The van der Waals surface area contributed by atoms with Crippen molar-refractivity contribution >= 4 is 11.9 Å². The van der Waals surface area contributed by atoms with E-state index in [1.165, 1.54) is 0 Å². The average Bonchev–Trinajstić information content (AvgIpc) is 2.51. The first-order chi connectivity index (χ1) is 11.7. The average molecular weight is 349 g/mol. The number of benzene rings is 1. The smallest absolute Gasteiger partial charge is 0.408 e. The lowest BCUT2D eigenvalue weighted by molar-refractivity contribution is -0.122. The van der Waals surface area contributed by atoms with Crippen molar-refractivity contribution in [2.45, 2.75) is 65.7 Å². The fourth-order valence-electron chi connectivity index (χ4n) is 2.32. The van der Waals surface area contributed by atoms with Crippen molar-refractivity contribution in [1.29, 1.82) is 0 Å². The van der Waals surface area contributed by atoms with E-state index in [1.807, 2.05) is 44.2 Å². The molecule has 0 saturated heterocycles. The first-order valence-electron chi connectivity index (χ1n) is 8.83. The Morgan fingerprint density at radius 1 is 1.12 bits per heavy atom. The number of amides is 1. The van der Waals surface area contributed by atoms with Gasteiger partial charge in [-0.1, -0.05) is 44.2 Å². The molecule has 5 heteroatoms. The zero-order chi connectivity index (χ0) is 18.9. The largest absolute Gasteiger partial charge is 0.444 e. The molecular weight excluding hydrogens is 318 g/mol. The molecule has 0 saturated carbocycles. The molecular formula is C20H31NO4. The number of Topliss-reactive ketones (excluding diaryl/α,β-unsaturated/α-hetero) is 1. The van der Waals surface area contributed by atoms with Gasteiger partial charge in [-0.2, -0.15) is 0 Å². The van der Waals surface area contributed by atoms with Crippen LogP contribution in [0.3, 0.4) is 0 Å². The van der Waals surface area contributed by atoms with Crippen molar-refractivity contribution in [3.63, 3.8) is 0 Å². The molecule has 0 aromatic heterocycles. The van der Waals surface area contributed by atoms with Crippen LogP contribution in [-0.2, 0) is 20.9 Å². The molecule has 0 bridgehead atoms. The molecule has 1 N–H and O–H groups in total. The lowest BCUT2D eigenvalue weighted by atomic mass is 9.97. The molecule has 1 atom stereocenters. The molecule has 1 aromatic carbocycles. The van der Waals surface area contributed by atoms with Crippen LogP contribution in [0.4, 0.5) is 4.79 Å². The second-order valence-corrected chi connectivity index (χ2v) is 7.48. The molecule has 25 heavy (non-hydrogen) atoms. The third kappa shape index (κ3) is 9.25. The summed E-state index contributed by atoms with van der Waals surface area (Å²) in [6, 6.07) is 9.38. The molecule has 140 valence electrons. The first-order valence-corrected chi connectivity index (χ1v) is 8.83. The second kappa shape index (κ2) is 10.2. The topological polar surface area (TPSA) is 64.6 Å². The van der Waals surface area contributed by atoms with E-state index in [-0.39, 0.29) is 11.7 Å². The van der Waals surface area contributed by atoms with Crippen LogP contribution in [0.5, 0.6) is 0 Å². The van der Waals surface area contributed by atoms with E-state index < -0.39 is 17.7 Å². The molecule has 0 fully saturated rings. The number of alkyl carbamates (subject to hydrolysis) is 1. The van der Waals surface area contributed by atoms with Crippen LogP contribution >= 0.6 is 0 Å². The highest BCUT2D eigenvalue weighted by atomic mass is 16.6. The molecule has 0 spiro atoms. The minimum Gasteiger partial charge on any atom is -0.444 e.